The summed E-state index contributed by atoms with van der Waals surface area (Å²) in [5.41, 5.74) is 1.24. The Balaban J connectivity index is 1.82. The summed E-state index contributed by atoms with van der Waals surface area (Å²) in [6, 6.07) is 15.4. The van der Waals surface area contributed by atoms with Gasteiger partial charge in [-0.15, -0.1) is 0 Å². The van der Waals surface area contributed by atoms with E-state index in [0.29, 0.717) is 32.8 Å². The number of carbonyl (C=O) groups excluding carboxylic acids is 1. The lowest BCUT2D eigenvalue weighted by Gasteiger charge is -2.05. The molecule has 0 aliphatic rings. The van der Waals surface area contributed by atoms with E-state index in [-0.39, 0.29) is 11.7 Å². The molecule has 4 nitrogen and oxygen atoms in total. The van der Waals surface area contributed by atoms with E-state index in [1.165, 1.54) is 0 Å². The Kier molecular flexibility index (Phi) is 4.79. The topological polar surface area (TPSA) is 51.5 Å². The van der Waals surface area contributed by atoms with Crippen molar-refractivity contribution < 1.29 is 13.9 Å². The number of nitrogens with one attached hydrogen (secondary N) is 1. The maximum atomic E-state index is 12.3. The van der Waals surface area contributed by atoms with Gasteiger partial charge in [-0.05, 0) is 42.5 Å². The molecular formula is C18H13Cl2NO3. The number of hydrogen-bond acceptors (Lipinski definition) is 3. The predicted octanol–water partition coefficient (Wildman–Crippen LogP) is 5.51. The van der Waals surface area contributed by atoms with Crippen LogP contribution in [0.4, 0.5) is 5.69 Å². The normalized spacial score (nSPS) is 10.5. The highest BCUT2D eigenvalue weighted by atomic mass is 35.5. The van der Waals surface area contributed by atoms with Crippen molar-refractivity contribution in [2.24, 2.45) is 0 Å². The van der Waals surface area contributed by atoms with Crippen molar-refractivity contribution in [3.8, 4) is 17.1 Å². The smallest absolute Gasteiger partial charge is 0.291 e. The lowest BCUT2D eigenvalue weighted by molar-refractivity contribution is 0.0997. The standard InChI is InChI=1S/C18H13Cl2NO3/c1-23-13-4-2-3-12(10-13)21-18(22)17-8-7-16(24-17)14-9-11(19)5-6-15(14)20/h2-10H,1H3,(H,21,22). The molecule has 0 saturated heterocycles. The minimum absolute atomic E-state index is 0.170. The van der Waals surface area contributed by atoms with Crippen LogP contribution in [0.15, 0.2) is 59.0 Å². The summed E-state index contributed by atoms with van der Waals surface area (Å²) in [6.45, 7) is 0. The van der Waals surface area contributed by atoms with Gasteiger partial charge in [-0.2, -0.15) is 0 Å². The maximum Gasteiger partial charge on any atom is 0.291 e. The van der Waals surface area contributed by atoms with Crippen LogP contribution in [0.25, 0.3) is 11.3 Å². The molecule has 0 aliphatic heterocycles. The van der Waals surface area contributed by atoms with Gasteiger partial charge in [0.05, 0.1) is 12.1 Å². The number of halogens is 2. The highest BCUT2D eigenvalue weighted by Gasteiger charge is 2.14. The molecule has 3 rings (SSSR count). The molecule has 0 atom stereocenters. The van der Waals surface area contributed by atoms with Crippen LogP contribution in [-0.2, 0) is 0 Å². The zero-order valence-corrected chi connectivity index (χ0v) is 14.2. The van der Waals surface area contributed by atoms with Gasteiger partial charge in [0.1, 0.15) is 11.5 Å². The van der Waals surface area contributed by atoms with E-state index in [9.17, 15) is 4.79 Å². The molecule has 122 valence electrons. The Labute approximate surface area is 149 Å². The van der Waals surface area contributed by atoms with Gasteiger partial charge in [0.25, 0.3) is 5.91 Å². The molecule has 3 aromatic rings. The summed E-state index contributed by atoms with van der Waals surface area (Å²) in [7, 11) is 1.56. The van der Waals surface area contributed by atoms with Gasteiger partial charge >= 0.3 is 0 Å². The van der Waals surface area contributed by atoms with Gasteiger partial charge in [-0.25, -0.2) is 0 Å². The summed E-state index contributed by atoms with van der Waals surface area (Å²) in [4.78, 5) is 12.3. The Hall–Kier alpha value is -2.43. The van der Waals surface area contributed by atoms with Crippen molar-refractivity contribution in [3.63, 3.8) is 0 Å². The van der Waals surface area contributed by atoms with Crippen LogP contribution in [0.2, 0.25) is 10.0 Å². The average Bonchev–Trinajstić information content (AvgIpc) is 3.07. The molecule has 24 heavy (non-hydrogen) atoms. The van der Waals surface area contributed by atoms with Crippen LogP contribution in [0.1, 0.15) is 10.6 Å². The number of furan rings is 1. The monoisotopic (exact) mass is 361 g/mol. The maximum absolute atomic E-state index is 12.3. The zero-order chi connectivity index (χ0) is 17.1. The molecule has 0 saturated carbocycles. The van der Waals surface area contributed by atoms with Crippen molar-refractivity contribution in [2.45, 2.75) is 0 Å². The summed E-state index contributed by atoms with van der Waals surface area (Å²) in [5, 5.41) is 3.78. The van der Waals surface area contributed by atoms with Gasteiger partial charge in [-0.3, -0.25) is 4.79 Å². The van der Waals surface area contributed by atoms with Crippen molar-refractivity contribution in [3.05, 3.63) is 70.4 Å². The van der Waals surface area contributed by atoms with Crippen LogP contribution in [0.3, 0.4) is 0 Å². The van der Waals surface area contributed by atoms with Gasteiger partial charge in [0.15, 0.2) is 5.76 Å². The van der Waals surface area contributed by atoms with Crippen LogP contribution >= 0.6 is 23.2 Å². The van der Waals surface area contributed by atoms with Crippen LogP contribution in [-0.4, -0.2) is 13.0 Å². The van der Waals surface area contributed by atoms with Crippen molar-refractivity contribution >= 4 is 34.8 Å². The third-order valence-corrected chi connectivity index (χ3v) is 3.92. The van der Waals surface area contributed by atoms with Crippen molar-refractivity contribution in [1.29, 1.82) is 0 Å². The van der Waals surface area contributed by atoms with Gasteiger partial charge in [-0.1, -0.05) is 29.3 Å². The van der Waals surface area contributed by atoms with Crippen LogP contribution in [0.5, 0.6) is 5.75 Å². The zero-order valence-electron chi connectivity index (χ0n) is 12.7. The number of ether oxygens (including phenoxy) is 1. The van der Waals surface area contributed by atoms with Gasteiger partial charge in [0, 0.05) is 22.3 Å². The second-order valence-electron chi connectivity index (χ2n) is 4.97. The Morgan fingerprint density at radius 2 is 1.92 bits per heavy atom. The highest BCUT2D eigenvalue weighted by Crippen LogP contribution is 2.32. The summed E-state index contributed by atoms with van der Waals surface area (Å²) in [5.74, 6) is 0.924. The first-order valence-electron chi connectivity index (χ1n) is 7.07. The number of benzene rings is 2. The second kappa shape index (κ2) is 6.99. The van der Waals surface area contributed by atoms with Gasteiger partial charge in [0.2, 0.25) is 0 Å². The number of methoxy groups -OCH3 is 1. The predicted molar refractivity (Wildman–Crippen MR) is 95.1 cm³/mol. The molecule has 0 radical (unpaired) electrons. The molecule has 0 aliphatic carbocycles. The molecule has 1 aromatic heterocycles. The fourth-order valence-electron chi connectivity index (χ4n) is 2.18. The quantitative estimate of drug-likeness (QED) is 0.665. The molecule has 1 N–H and O–H groups in total. The average molecular weight is 362 g/mol. The summed E-state index contributed by atoms with van der Waals surface area (Å²) >= 11 is 12.1. The molecule has 1 amide bonds. The van der Waals surface area contributed by atoms with Crippen molar-refractivity contribution in [2.75, 3.05) is 12.4 Å². The first-order valence-corrected chi connectivity index (χ1v) is 7.83. The van der Waals surface area contributed by atoms with Crippen LogP contribution in [0, 0.1) is 0 Å². The van der Waals surface area contributed by atoms with Gasteiger partial charge < -0.3 is 14.5 Å². The highest BCUT2D eigenvalue weighted by molar-refractivity contribution is 6.35. The van der Waals surface area contributed by atoms with E-state index >= 15 is 0 Å². The Morgan fingerprint density at radius 3 is 2.71 bits per heavy atom. The molecular weight excluding hydrogens is 349 g/mol. The minimum Gasteiger partial charge on any atom is -0.497 e. The number of anilines is 1. The van der Waals surface area contributed by atoms with Crippen LogP contribution < -0.4 is 10.1 Å². The van der Waals surface area contributed by atoms with Crippen molar-refractivity contribution in [1.82, 2.24) is 0 Å². The fraction of sp³-hybridized carbons (Fsp3) is 0.0556. The largest absolute Gasteiger partial charge is 0.497 e. The number of rotatable bonds is 4. The minimum atomic E-state index is -0.368. The van der Waals surface area contributed by atoms with E-state index in [0.717, 1.165) is 0 Å². The van der Waals surface area contributed by atoms with E-state index < -0.39 is 0 Å². The summed E-state index contributed by atoms with van der Waals surface area (Å²) < 4.78 is 10.7. The van der Waals surface area contributed by atoms with E-state index in [2.05, 4.69) is 5.32 Å². The summed E-state index contributed by atoms with van der Waals surface area (Å²) in [6.07, 6.45) is 0. The molecule has 2 aromatic carbocycles. The lowest BCUT2D eigenvalue weighted by atomic mass is 10.2. The number of carbonyl (C=O) groups is 1. The fourth-order valence-corrected chi connectivity index (χ4v) is 2.57. The third-order valence-electron chi connectivity index (χ3n) is 3.35. The molecule has 0 bridgehead atoms. The lowest BCUT2D eigenvalue weighted by Crippen LogP contribution is -2.10. The first-order chi connectivity index (χ1) is 11.6. The number of hydrogen-bond donors (Lipinski definition) is 1. The third kappa shape index (κ3) is 3.55. The SMILES string of the molecule is COc1cccc(NC(=O)c2ccc(-c3cc(Cl)ccc3Cl)o2)c1. The molecule has 0 unspecified atom stereocenters. The molecule has 6 heteroatoms. The molecule has 0 fully saturated rings. The molecule has 1 heterocycles. The second-order valence-corrected chi connectivity index (χ2v) is 5.82. The van der Waals surface area contributed by atoms with E-state index in [4.69, 9.17) is 32.4 Å². The van der Waals surface area contributed by atoms with E-state index in [1.807, 2.05) is 0 Å². The van der Waals surface area contributed by atoms with E-state index in [1.54, 1.807) is 61.7 Å². The number of amides is 1. The Morgan fingerprint density at radius 1 is 1.08 bits per heavy atom. The first kappa shape index (κ1) is 16.4. The molecule has 0 spiro atoms. The Bertz CT molecular complexity index is 889.